The van der Waals surface area contributed by atoms with Crippen LogP contribution in [-0.2, 0) is 4.79 Å². The number of ketones is 1. The molecule has 6 heteroatoms. The van der Waals surface area contributed by atoms with Crippen LogP contribution in [0.4, 0.5) is 4.39 Å². The summed E-state index contributed by atoms with van der Waals surface area (Å²) in [5.74, 6) is -1.08. The minimum atomic E-state index is -2.09. The molecule has 3 atom stereocenters. The fraction of sp³-hybridized carbons (Fsp3) is 0.833. The standard InChI is InChI=1S/C6H11FO5/c7-3(1-8)5(11)6(12)4(10)2-9/h3,5-6,8-9,11-12H,1-2H2/t3-,5+,6+/m1/s1. The van der Waals surface area contributed by atoms with Crippen LogP contribution in [0.5, 0.6) is 0 Å². The van der Waals surface area contributed by atoms with E-state index in [1.165, 1.54) is 0 Å². The van der Waals surface area contributed by atoms with E-state index >= 15 is 0 Å². The summed E-state index contributed by atoms with van der Waals surface area (Å²) < 4.78 is 12.4. The van der Waals surface area contributed by atoms with E-state index in [0.717, 1.165) is 0 Å². The molecule has 0 radical (unpaired) electrons. The fourth-order valence-corrected chi connectivity index (χ4v) is 0.590. The maximum absolute atomic E-state index is 12.4. The quantitative estimate of drug-likeness (QED) is 0.380. The third kappa shape index (κ3) is 2.82. The van der Waals surface area contributed by atoms with Gasteiger partial charge in [0.25, 0.3) is 0 Å². The zero-order valence-electron chi connectivity index (χ0n) is 6.22. The average molecular weight is 182 g/mol. The van der Waals surface area contributed by atoms with Crippen molar-refractivity contribution in [2.75, 3.05) is 13.2 Å². The molecule has 0 fully saturated rings. The highest BCUT2D eigenvalue weighted by Gasteiger charge is 2.30. The second-order valence-corrected chi connectivity index (χ2v) is 2.26. The molecule has 4 N–H and O–H groups in total. The van der Waals surface area contributed by atoms with Gasteiger partial charge >= 0.3 is 0 Å². The Morgan fingerprint density at radius 2 is 1.83 bits per heavy atom. The number of aliphatic hydroxyl groups excluding tert-OH is 4. The molecule has 0 unspecified atom stereocenters. The molecule has 0 aromatic heterocycles. The Bertz CT molecular complexity index is 151. The van der Waals surface area contributed by atoms with Crippen molar-refractivity contribution in [2.45, 2.75) is 18.4 Å². The van der Waals surface area contributed by atoms with Crippen molar-refractivity contribution in [3.8, 4) is 0 Å². The molecule has 0 aromatic rings. The molecule has 0 aliphatic rings. The predicted octanol–water partition coefficient (Wildman–Crippen LogP) is -2.40. The first-order valence-corrected chi connectivity index (χ1v) is 3.29. The van der Waals surface area contributed by atoms with Crippen molar-refractivity contribution in [1.29, 1.82) is 0 Å². The van der Waals surface area contributed by atoms with Crippen LogP contribution in [0, 0.1) is 0 Å². The fourth-order valence-electron chi connectivity index (χ4n) is 0.590. The molecule has 0 rings (SSSR count). The first-order chi connectivity index (χ1) is 5.54. The first kappa shape index (κ1) is 11.4. The molecule has 72 valence electrons. The zero-order chi connectivity index (χ0) is 9.72. The second-order valence-electron chi connectivity index (χ2n) is 2.26. The molecule has 0 amide bonds. The summed E-state index contributed by atoms with van der Waals surface area (Å²) in [6.45, 7) is -1.96. The van der Waals surface area contributed by atoms with Gasteiger partial charge in [-0.15, -0.1) is 0 Å². The molecule has 12 heavy (non-hydrogen) atoms. The van der Waals surface area contributed by atoms with E-state index in [1.54, 1.807) is 0 Å². The molecular weight excluding hydrogens is 171 g/mol. The lowest BCUT2D eigenvalue weighted by Gasteiger charge is -2.17. The van der Waals surface area contributed by atoms with Gasteiger partial charge in [0, 0.05) is 0 Å². The van der Waals surface area contributed by atoms with Gasteiger partial charge in [-0.1, -0.05) is 0 Å². The lowest BCUT2D eigenvalue weighted by Crippen LogP contribution is -2.42. The highest BCUT2D eigenvalue weighted by atomic mass is 19.1. The normalized spacial score (nSPS) is 18.4. The SMILES string of the molecule is O=C(CO)[C@H](O)[C@@H](O)[C@H](F)CO. The number of Topliss-reactive ketones (excluding diaryl/α,β-unsaturated/α-hetero) is 1. The van der Waals surface area contributed by atoms with Gasteiger partial charge in [0.05, 0.1) is 6.61 Å². The monoisotopic (exact) mass is 182 g/mol. The van der Waals surface area contributed by atoms with Gasteiger partial charge in [0.1, 0.15) is 18.8 Å². The van der Waals surface area contributed by atoms with E-state index in [1.807, 2.05) is 0 Å². The Labute approximate surface area is 68.1 Å². The van der Waals surface area contributed by atoms with Crippen molar-refractivity contribution < 1.29 is 29.6 Å². The Kier molecular flexibility index (Phi) is 4.91. The van der Waals surface area contributed by atoms with Gasteiger partial charge in [0.2, 0.25) is 0 Å². The lowest BCUT2D eigenvalue weighted by molar-refractivity contribution is -0.139. The number of alkyl halides is 1. The van der Waals surface area contributed by atoms with E-state index < -0.39 is 37.4 Å². The number of carbonyl (C=O) groups is 1. The summed E-state index contributed by atoms with van der Waals surface area (Å²) in [6.07, 6.45) is -6.07. The van der Waals surface area contributed by atoms with Crippen LogP contribution < -0.4 is 0 Å². The van der Waals surface area contributed by atoms with Gasteiger partial charge in [-0.2, -0.15) is 0 Å². The number of hydrogen-bond donors (Lipinski definition) is 4. The highest BCUT2D eigenvalue weighted by Crippen LogP contribution is 2.04. The highest BCUT2D eigenvalue weighted by molar-refractivity contribution is 5.84. The number of halogens is 1. The van der Waals surface area contributed by atoms with Crippen LogP contribution in [0.15, 0.2) is 0 Å². The van der Waals surface area contributed by atoms with Crippen LogP contribution in [0.25, 0.3) is 0 Å². The summed E-state index contributed by atoms with van der Waals surface area (Å²) in [7, 11) is 0. The van der Waals surface area contributed by atoms with E-state index in [4.69, 9.17) is 20.4 Å². The predicted molar refractivity (Wildman–Crippen MR) is 36.1 cm³/mol. The van der Waals surface area contributed by atoms with Gasteiger partial charge in [-0.05, 0) is 0 Å². The summed E-state index contributed by atoms with van der Waals surface area (Å²) in [4.78, 5) is 10.5. The second kappa shape index (κ2) is 5.15. The molecule has 0 aliphatic carbocycles. The average Bonchev–Trinajstić information content (AvgIpc) is 2.12. The van der Waals surface area contributed by atoms with Crippen LogP contribution in [0.1, 0.15) is 0 Å². The summed E-state index contributed by atoms with van der Waals surface area (Å²) in [5.41, 5.74) is 0. The van der Waals surface area contributed by atoms with Crippen molar-refractivity contribution >= 4 is 5.78 Å². The van der Waals surface area contributed by atoms with Crippen molar-refractivity contribution in [2.24, 2.45) is 0 Å². The Hall–Kier alpha value is -0.560. The summed E-state index contributed by atoms with van der Waals surface area (Å²) in [6, 6.07) is 0. The molecule has 0 aliphatic heterocycles. The van der Waals surface area contributed by atoms with Crippen LogP contribution in [0.3, 0.4) is 0 Å². The zero-order valence-corrected chi connectivity index (χ0v) is 6.22. The van der Waals surface area contributed by atoms with E-state index in [2.05, 4.69) is 0 Å². The van der Waals surface area contributed by atoms with Crippen molar-refractivity contribution in [1.82, 2.24) is 0 Å². The first-order valence-electron chi connectivity index (χ1n) is 3.29. The van der Waals surface area contributed by atoms with E-state index in [-0.39, 0.29) is 0 Å². The van der Waals surface area contributed by atoms with Crippen molar-refractivity contribution in [3.63, 3.8) is 0 Å². The summed E-state index contributed by atoms with van der Waals surface area (Å²) in [5, 5.41) is 33.9. The van der Waals surface area contributed by atoms with Crippen molar-refractivity contribution in [3.05, 3.63) is 0 Å². The van der Waals surface area contributed by atoms with Crippen LogP contribution in [-0.4, -0.2) is 57.8 Å². The Morgan fingerprint density at radius 1 is 1.33 bits per heavy atom. The van der Waals surface area contributed by atoms with Crippen LogP contribution in [0.2, 0.25) is 0 Å². The Morgan fingerprint density at radius 3 is 2.17 bits per heavy atom. The minimum Gasteiger partial charge on any atom is -0.393 e. The Balaban J connectivity index is 4.08. The van der Waals surface area contributed by atoms with Gasteiger partial charge in [-0.3, -0.25) is 4.79 Å². The molecule has 0 saturated carbocycles. The molecule has 0 heterocycles. The van der Waals surface area contributed by atoms with Crippen LogP contribution >= 0.6 is 0 Å². The van der Waals surface area contributed by atoms with Gasteiger partial charge in [-0.25, -0.2) is 4.39 Å². The number of rotatable bonds is 5. The van der Waals surface area contributed by atoms with E-state index in [9.17, 15) is 9.18 Å². The maximum Gasteiger partial charge on any atom is 0.189 e. The smallest absolute Gasteiger partial charge is 0.189 e. The molecular formula is C6H11FO5. The van der Waals surface area contributed by atoms with Gasteiger partial charge < -0.3 is 20.4 Å². The largest absolute Gasteiger partial charge is 0.393 e. The third-order valence-electron chi connectivity index (χ3n) is 1.35. The molecule has 0 bridgehead atoms. The number of carbonyl (C=O) groups excluding carboxylic acids is 1. The molecule has 0 saturated heterocycles. The maximum atomic E-state index is 12.4. The number of aliphatic hydroxyl groups is 4. The molecule has 0 aromatic carbocycles. The lowest BCUT2D eigenvalue weighted by atomic mass is 10.1. The van der Waals surface area contributed by atoms with E-state index in [0.29, 0.717) is 0 Å². The minimum absolute atomic E-state index is 0.976. The molecule has 0 spiro atoms. The summed E-state index contributed by atoms with van der Waals surface area (Å²) >= 11 is 0. The van der Waals surface area contributed by atoms with Gasteiger partial charge in [0.15, 0.2) is 12.0 Å². The molecule has 5 nitrogen and oxygen atoms in total. The third-order valence-corrected chi connectivity index (χ3v) is 1.35. The number of hydrogen-bond acceptors (Lipinski definition) is 5. The topological polar surface area (TPSA) is 98.0 Å².